The van der Waals surface area contributed by atoms with E-state index >= 15 is 0 Å². The van der Waals surface area contributed by atoms with Crippen molar-refractivity contribution in [3.63, 3.8) is 0 Å². The van der Waals surface area contributed by atoms with Crippen molar-refractivity contribution in [2.45, 2.75) is 18.9 Å². The van der Waals surface area contributed by atoms with Crippen LogP contribution in [0.4, 0.5) is 10.1 Å². The van der Waals surface area contributed by atoms with E-state index in [0.29, 0.717) is 21.8 Å². The molecule has 1 heterocycles. The van der Waals surface area contributed by atoms with Gasteiger partial charge in [0.15, 0.2) is 5.82 Å². The molecule has 1 aliphatic heterocycles. The number of nitrogens with two attached hydrogens (primary N) is 1. The number of anilines is 1. The number of benzene rings is 1. The summed E-state index contributed by atoms with van der Waals surface area (Å²) in [6, 6.07) is 3.77. The number of halogens is 2. The van der Waals surface area contributed by atoms with E-state index in [0.717, 1.165) is 26.1 Å². The van der Waals surface area contributed by atoms with Gasteiger partial charge < -0.3 is 15.4 Å². The quantitative estimate of drug-likeness (QED) is 0.854. The molecule has 19 heavy (non-hydrogen) atoms. The maximum atomic E-state index is 14.4. The van der Waals surface area contributed by atoms with E-state index in [1.54, 1.807) is 12.1 Å². The highest BCUT2D eigenvalue weighted by atomic mass is 79.9. The van der Waals surface area contributed by atoms with Gasteiger partial charge in [-0.1, -0.05) is 12.2 Å². The third-order valence-corrected chi connectivity index (χ3v) is 4.44. The molecule has 0 atom stereocenters. The second-order valence-electron chi connectivity index (χ2n) is 4.58. The number of rotatable bonds is 3. The van der Waals surface area contributed by atoms with Gasteiger partial charge >= 0.3 is 0 Å². The van der Waals surface area contributed by atoms with E-state index in [4.69, 9.17) is 22.7 Å². The predicted molar refractivity (Wildman–Crippen MR) is 82.2 cm³/mol. The minimum atomic E-state index is -0.320. The summed E-state index contributed by atoms with van der Waals surface area (Å²) in [6.45, 7) is 1.45. The number of hydrogen-bond donors (Lipinski definition) is 1. The van der Waals surface area contributed by atoms with E-state index in [9.17, 15) is 4.39 Å². The molecule has 0 aliphatic carbocycles. The van der Waals surface area contributed by atoms with E-state index in [2.05, 4.69) is 15.9 Å². The summed E-state index contributed by atoms with van der Waals surface area (Å²) in [5.74, 6) is -0.320. The van der Waals surface area contributed by atoms with Crippen LogP contribution in [0.1, 0.15) is 18.4 Å². The first kappa shape index (κ1) is 14.7. The Balaban J connectivity index is 2.29. The summed E-state index contributed by atoms with van der Waals surface area (Å²) in [7, 11) is 1.90. The molecule has 1 aromatic rings. The molecule has 0 amide bonds. The molecule has 104 valence electrons. The monoisotopic (exact) mass is 346 g/mol. The zero-order chi connectivity index (χ0) is 14.0. The van der Waals surface area contributed by atoms with Crippen molar-refractivity contribution in [1.29, 1.82) is 0 Å². The van der Waals surface area contributed by atoms with Crippen molar-refractivity contribution in [3.8, 4) is 0 Å². The molecular weight excluding hydrogens is 331 g/mol. The van der Waals surface area contributed by atoms with Gasteiger partial charge in [-0.2, -0.15) is 0 Å². The maximum absolute atomic E-state index is 14.4. The van der Waals surface area contributed by atoms with Gasteiger partial charge in [-0.25, -0.2) is 4.39 Å². The molecule has 1 aromatic carbocycles. The normalized spacial score (nSPS) is 16.4. The lowest BCUT2D eigenvalue weighted by atomic mass is 10.1. The molecule has 0 aromatic heterocycles. The van der Waals surface area contributed by atoms with Crippen LogP contribution in [0.15, 0.2) is 16.6 Å². The molecule has 0 radical (unpaired) electrons. The van der Waals surface area contributed by atoms with E-state index < -0.39 is 0 Å². The van der Waals surface area contributed by atoms with Crippen molar-refractivity contribution in [1.82, 2.24) is 0 Å². The maximum Gasteiger partial charge on any atom is 0.161 e. The standard InChI is InChI=1S/C13H16BrFN2OS/c1-17(8-4-6-18-7-5-8)10-3-2-9(13(16)19)11(14)12(10)15/h2-3,8H,4-7H2,1H3,(H2,16,19). The third kappa shape index (κ3) is 3.07. The Morgan fingerprint density at radius 3 is 2.68 bits per heavy atom. The number of ether oxygens (including phenoxy) is 1. The molecule has 2 rings (SSSR count). The topological polar surface area (TPSA) is 38.5 Å². The smallest absolute Gasteiger partial charge is 0.161 e. The molecular formula is C13H16BrFN2OS. The summed E-state index contributed by atoms with van der Waals surface area (Å²) >= 11 is 8.12. The third-order valence-electron chi connectivity index (χ3n) is 3.45. The molecule has 2 N–H and O–H groups in total. The van der Waals surface area contributed by atoms with Crippen LogP contribution in [-0.2, 0) is 4.74 Å². The van der Waals surface area contributed by atoms with Crippen LogP contribution in [0.5, 0.6) is 0 Å². The molecule has 0 unspecified atom stereocenters. The summed E-state index contributed by atoms with van der Waals surface area (Å²) in [5.41, 5.74) is 6.64. The fraction of sp³-hybridized carbons (Fsp3) is 0.462. The van der Waals surface area contributed by atoms with Gasteiger partial charge in [0.05, 0.1) is 10.2 Å². The highest BCUT2D eigenvalue weighted by Gasteiger charge is 2.23. The summed E-state index contributed by atoms with van der Waals surface area (Å²) < 4.78 is 20.0. The van der Waals surface area contributed by atoms with Gasteiger partial charge in [0.25, 0.3) is 0 Å². The van der Waals surface area contributed by atoms with Crippen molar-refractivity contribution in [2.24, 2.45) is 5.73 Å². The molecule has 1 aliphatic rings. The van der Waals surface area contributed by atoms with Crippen molar-refractivity contribution in [2.75, 3.05) is 25.2 Å². The van der Waals surface area contributed by atoms with Gasteiger partial charge in [0.2, 0.25) is 0 Å². The zero-order valence-corrected chi connectivity index (χ0v) is 13.1. The highest BCUT2D eigenvalue weighted by molar-refractivity contribution is 9.10. The van der Waals surface area contributed by atoms with Crippen LogP contribution in [-0.4, -0.2) is 31.3 Å². The lowest BCUT2D eigenvalue weighted by Gasteiger charge is -2.33. The second kappa shape index (κ2) is 6.15. The highest BCUT2D eigenvalue weighted by Crippen LogP contribution is 2.31. The lowest BCUT2D eigenvalue weighted by molar-refractivity contribution is 0.0853. The fourth-order valence-corrected chi connectivity index (χ4v) is 3.12. The van der Waals surface area contributed by atoms with Crippen LogP contribution in [0, 0.1) is 5.82 Å². The first-order valence-corrected chi connectivity index (χ1v) is 7.31. The lowest BCUT2D eigenvalue weighted by Crippen LogP contribution is -2.37. The molecule has 1 saturated heterocycles. The Bertz CT molecular complexity index is 492. The van der Waals surface area contributed by atoms with Crippen LogP contribution in [0.3, 0.4) is 0 Å². The SMILES string of the molecule is CN(c1ccc(C(N)=S)c(Br)c1F)C1CCOCC1. The molecule has 0 bridgehead atoms. The minimum Gasteiger partial charge on any atom is -0.389 e. The van der Waals surface area contributed by atoms with Crippen LogP contribution >= 0.6 is 28.1 Å². The largest absolute Gasteiger partial charge is 0.389 e. The Labute approximate surface area is 126 Å². The predicted octanol–water partition coefficient (Wildman–Crippen LogP) is 2.84. The van der Waals surface area contributed by atoms with Crippen molar-refractivity contribution in [3.05, 3.63) is 28.0 Å². The van der Waals surface area contributed by atoms with Crippen LogP contribution in [0.2, 0.25) is 0 Å². The van der Waals surface area contributed by atoms with Gasteiger partial charge in [-0.3, -0.25) is 0 Å². The first-order valence-electron chi connectivity index (χ1n) is 6.10. The summed E-state index contributed by atoms with van der Waals surface area (Å²) in [5, 5.41) is 0. The average Bonchev–Trinajstić information content (AvgIpc) is 2.41. The number of hydrogen-bond acceptors (Lipinski definition) is 3. The molecule has 6 heteroatoms. The Morgan fingerprint density at radius 2 is 2.11 bits per heavy atom. The van der Waals surface area contributed by atoms with E-state index in [1.165, 1.54) is 0 Å². The Kier molecular flexibility index (Phi) is 4.76. The molecule has 0 saturated carbocycles. The van der Waals surface area contributed by atoms with Gasteiger partial charge in [-0.15, -0.1) is 0 Å². The Morgan fingerprint density at radius 1 is 1.47 bits per heavy atom. The van der Waals surface area contributed by atoms with Crippen LogP contribution in [0.25, 0.3) is 0 Å². The van der Waals surface area contributed by atoms with Crippen LogP contribution < -0.4 is 10.6 Å². The van der Waals surface area contributed by atoms with Gasteiger partial charge in [-0.05, 0) is 40.9 Å². The zero-order valence-electron chi connectivity index (χ0n) is 10.7. The summed E-state index contributed by atoms with van der Waals surface area (Å²) in [6.07, 6.45) is 1.81. The van der Waals surface area contributed by atoms with E-state index in [1.807, 2.05) is 11.9 Å². The molecule has 3 nitrogen and oxygen atoms in total. The van der Waals surface area contributed by atoms with Crippen molar-refractivity contribution >= 4 is 38.8 Å². The molecule has 0 spiro atoms. The Hall–Kier alpha value is -0.720. The van der Waals surface area contributed by atoms with Crippen molar-refractivity contribution < 1.29 is 9.13 Å². The first-order chi connectivity index (χ1) is 9.02. The minimum absolute atomic E-state index is 0.186. The van der Waals surface area contributed by atoms with Gasteiger partial charge in [0.1, 0.15) is 4.99 Å². The van der Waals surface area contributed by atoms with Gasteiger partial charge in [0, 0.05) is 31.9 Å². The summed E-state index contributed by atoms with van der Waals surface area (Å²) in [4.78, 5) is 2.15. The average molecular weight is 347 g/mol. The number of nitrogens with zero attached hydrogens (tertiary/aromatic N) is 1. The second-order valence-corrected chi connectivity index (χ2v) is 5.81. The fourth-order valence-electron chi connectivity index (χ4n) is 2.27. The number of thiocarbonyl (C=S) groups is 1. The van der Waals surface area contributed by atoms with E-state index in [-0.39, 0.29) is 10.8 Å². The molecule has 1 fully saturated rings.